The van der Waals surface area contributed by atoms with Gasteiger partial charge in [0, 0.05) is 23.9 Å². The molecule has 0 fully saturated rings. The van der Waals surface area contributed by atoms with E-state index in [1.807, 2.05) is 20.8 Å². The van der Waals surface area contributed by atoms with Gasteiger partial charge in [-0.15, -0.1) is 0 Å². The van der Waals surface area contributed by atoms with E-state index >= 15 is 0 Å². The molecule has 0 saturated carbocycles. The molecule has 0 amide bonds. The van der Waals surface area contributed by atoms with Gasteiger partial charge in [-0.3, -0.25) is 9.67 Å². The molecule has 3 heterocycles. The Kier molecular flexibility index (Phi) is 7.23. The van der Waals surface area contributed by atoms with Crippen LogP contribution in [0.3, 0.4) is 0 Å². The van der Waals surface area contributed by atoms with Crippen molar-refractivity contribution in [3.05, 3.63) is 77.6 Å². The molecule has 0 aliphatic carbocycles. The molecule has 1 aromatic carbocycles. The van der Waals surface area contributed by atoms with Gasteiger partial charge >= 0.3 is 0 Å². The van der Waals surface area contributed by atoms with Gasteiger partial charge in [0.1, 0.15) is 11.6 Å². The first-order chi connectivity index (χ1) is 16.8. The molecule has 0 saturated heterocycles. The van der Waals surface area contributed by atoms with E-state index in [0.717, 1.165) is 5.56 Å². The summed E-state index contributed by atoms with van der Waals surface area (Å²) in [6.45, 7) is 5.68. The van der Waals surface area contributed by atoms with E-state index in [4.69, 9.17) is 10.1 Å². The van der Waals surface area contributed by atoms with E-state index in [1.165, 1.54) is 22.9 Å². The van der Waals surface area contributed by atoms with Gasteiger partial charge in [0.25, 0.3) is 0 Å². The first kappa shape index (κ1) is 24.5. The standard InChI is InChI=1S/C25H26F2N6O2/c1-14(2)18-7-21(24-19(26)5-4-6-20(24)27)31-32-25(18)15(3)22-9-28-10-23(30-22)16-8-29-33(11-16)12-17(35)13-34/h4-11,14-15,17,34-35H,12-13H2,1-3H3/t15?,17-/m0/s1. The molecule has 2 N–H and O–H groups in total. The van der Waals surface area contributed by atoms with Gasteiger partial charge in [-0.05, 0) is 29.7 Å². The molecule has 35 heavy (non-hydrogen) atoms. The minimum absolute atomic E-state index is 0.0175. The molecule has 8 nitrogen and oxygen atoms in total. The summed E-state index contributed by atoms with van der Waals surface area (Å²) < 4.78 is 30.2. The lowest BCUT2D eigenvalue weighted by Crippen LogP contribution is -2.19. The van der Waals surface area contributed by atoms with Crippen molar-refractivity contribution in [2.75, 3.05) is 6.61 Å². The summed E-state index contributed by atoms with van der Waals surface area (Å²) in [4.78, 5) is 9.05. The zero-order chi connectivity index (χ0) is 25.1. The third-order valence-electron chi connectivity index (χ3n) is 5.74. The van der Waals surface area contributed by atoms with Crippen molar-refractivity contribution in [1.82, 2.24) is 29.9 Å². The van der Waals surface area contributed by atoms with E-state index in [-0.39, 0.29) is 36.2 Å². The van der Waals surface area contributed by atoms with Crippen LogP contribution in [0.25, 0.3) is 22.5 Å². The predicted octanol–water partition coefficient (Wildman–Crippen LogP) is 3.70. The van der Waals surface area contributed by atoms with E-state index in [2.05, 4.69) is 20.3 Å². The third-order valence-corrected chi connectivity index (χ3v) is 5.74. The number of aliphatic hydroxyl groups is 2. The van der Waals surface area contributed by atoms with Crippen molar-refractivity contribution in [1.29, 1.82) is 0 Å². The Morgan fingerprint density at radius 3 is 2.43 bits per heavy atom. The molecular weight excluding hydrogens is 454 g/mol. The van der Waals surface area contributed by atoms with Gasteiger partial charge in [0.2, 0.25) is 0 Å². The number of hydrogen-bond acceptors (Lipinski definition) is 7. The van der Waals surface area contributed by atoms with Crippen molar-refractivity contribution in [3.8, 4) is 22.5 Å². The molecule has 0 spiro atoms. The molecule has 0 bridgehead atoms. The average Bonchev–Trinajstić information content (AvgIpc) is 3.32. The quantitative estimate of drug-likeness (QED) is 0.396. The highest BCUT2D eigenvalue weighted by molar-refractivity contribution is 5.62. The van der Waals surface area contributed by atoms with Crippen LogP contribution in [0.15, 0.2) is 49.1 Å². The van der Waals surface area contributed by atoms with Crippen LogP contribution in [0.5, 0.6) is 0 Å². The molecular formula is C25H26F2N6O2. The molecule has 1 unspecified atom stereocenters. The Balaban J connectivity index is 1.67. The number of hydrogen-bond donors (Lipinski definition) is 2. The van der Waals surface area contributed by atoms with E-state index in [1.54, 1.807) is 30.9 Å². The fraction of sp³-hybridized carbons (Fsp3) is 0.320. The second kappa shape index (κ2) is 10.3. The smallest absolute Gasteiger partial charge is 0.135 e. The van der Waals surface area contributed by atoms with Crippen molar-refractivity contribution < 1.29 is 19.0 Å². The Morgan fingerprint density at radius 1 is 1.00 bits per heavy atom. The molecule has 0 radical (unpaired) electrons. The SMILES string of the molecule is CC(C)c1cc(-c2c(F)cccc2F)nnc1C(C)c1cncc(-c2cnn(C[C@H](O)CO)c2)n1. The summed E-state index contributed by atoms with van der Waals surface area (Å²) in [5.74, 6) is -1.66. The minimum Gasteiger partial charge on any atom is -0.394 e. The Morgan fingerprint density at radius 2 is 1.74 bits per heavy atom. The number of halogens is 2. The normalized spacial score (nSPS) is 13.3. The number of benzene rings is 1. The van der Waals surface area contributed by atoms with Crippen LogP contribution in [-0.4, -0.2) is 52.9 Å². The minimum atomic E-state index is -0.908. The number of aromatic nitrogens is 6. The van der Waals surface area contributed by atoms with Crippen LogP contribution < -0.4 is 0 Å². The maximum Gasteiger partial charge on any atom is 0.135 e. The summed E-state index contributed by atoms with van der Waals surface area (Å²) in [6.07, 6.45) is 5.67. The molecule has 0 aliphatic heterocycles. The molecule has 10 heteroatoms. The first-order valence-corrected chi connectivity index (χ1v) is 11.2. The van der Waals surface area contributed by atoms with Crippen molar-refractivity contribution >= 4 is 0 Å². The fourth-order valence-corrected chi connectivity index (χ4v) is 3.82. The van der Waals surface area contributed by atoms with Crippen molar-refractivity contribution in [3.63, 3.8) is 0 Å². The van der Waals surface area contributed by atoms with E-state index in [0.29, 0.717) is 22.6 Å². The summed E-state index contributed by atoms with van der Waals surface area (Å²) in [6, 6.07) is 5.38. The number of rotatable bonds is 8. The molecule has 182 valence electrons. The predicted molar refractivity (Wildman–Crippen MR) is 125 cm³/mol. The first-order valence-electron chi connectivity index (χ1n) is 11.2. The molecule has 4 rings (SSSR count). The lowest BCUT2D eigenvalue weighted by atomic mass is 9.92. The molecule has 0 aliphatic rings. The van der Waals surface area contributed by atoms with Crippen LogP contribution in [0.1, 0.15) is 49.6 Å². The highest BCUT2D eigenvalue weighted by Crippen LogP contribution is 2.32. The van der Waals surface area contributed by atoms with Gasteiger partial charge in [0.15, 0.2) is 0 Å². The van der Waals surface area contributed by atoms with Crippen LogP contribution in [0.4, 0.5) is 8.78 Å². The zero-order valence-corrected chi connectivity index (χ0v) is 19.6. The fourth-order valence-electron chi connectivity index (χ4n) is 3.82. The summed E-state index contributed by atoms with van der Waals surface area (Å²) in [5.41, 5.74) is 3.33. The van der Waals surface area contributed by atoms with Crippen molar-refractivity contribution in [2.45, 2.75) is 45.3 Å². The Hall–Kier alpha value is -3.63. The second-order valence-electron chi connectivity index (χ2n) is 8.66. The highest BCUT2D eigenvalue weighted by Gasteiger charge is 2.22. The third kappa shape index (κ3) is 5.23. The Bertz CT molecular complexity index is 1310. The maximum absolute atomic E-state index is 14.3. The van der Waals surface area contributed by atoms with Gasteiger partial charge in [-0.2, -0.15) is 15.3 Å². The van der Waals surface area contributed by atoms with Gasteiger partial charge < -0.3 is 10.2 Å². The topological polar surface area (TPSA) is 110 Å². The summed E-state index contributed by atoms with van der Waals surface area (Å²) in [5, 5.41) is 31.4. The van der Waals surface area contributed by atoms with E-state index in [9.17, 15) is 13.9 Å². The molecule has 4 aromatic rings. The molecule has 2 atom stereocenters. The second-order valence-corrected chi connectivity index (χ2v) is 8.66. The largest absolute Gasteiger partial charge is 0.394 e. The van der Waals surface area contributed by atoms with Crippen LogP contribution in [0.2, 0.25) is 0 Å². The van der Waals surface area contributed by atoms with Crippen molar-refractivity contribution in [2.24, 2.45) is 0 Å². The van der Waals surface area contributed by atoms with E-state index < -0.39 is 17.7 Å². The van der Waals surface area contributed by atoms with Gasteiger partial charge in [0.05, 0.1) is 60.0 Å². The average molecular weight is 481 g/mol. The Labute approximate surface area is 201 Å². The van der Waals surface area contributed by atoms with Crippen LogP contribution in [0, 0.1) is 11.6 Å². The number of nitrogens with zero attached hydrogens (tertiary/aromatic N) is 6. The van der Waals surface area contributed by atoms with Crippen LogP contribution >= 0.6 is 0 Å². The lowest BCUT2D eigenvalue weighted by Gasteiger charge is -2.18. The number of aliphatic hydroxyl groups excluding tert-OH is 2. The maximum atomic E-state index is 14.3. The zero-order valence-electron chi connectivity index (χ0n) is 19.6. The van der Waals surface area contributed by atoms with Crippen LogP contribution in [-0.2, 0) is 6.54 Å². The van der Waals surface area contributed by atoms with Gasteiger partial charge in [-0.1, -0.05) is 26.8 Å². The summed E-state index contributed by atoms with van der Waals surface area (Å²) in [7, 11) is 0. The van der Waals surface area contributed by atoms with Gasteiger partial charge in [-0.25, -0.2) is 13.8 Å². The monoisotopic (exact) mass is 480 g/mol. The summed E-state index contributed by atoms with van der Waals surface area (Å²) >= 11 is 0. The highest BCUT2D eigenvalue weighted by atomic mass is 19.1. The molecule has 3 aromatic heterocycles. The lowest BCUT2D eigenvalue weighted by molar-refractivity contribution is 0.0783.